The summed E-state index contributed by atoms with van der Waals surface area (Å²) in [5, 5.41) is 0. The third kappa shape index (κ3) is 3.02. The van der Waals surface area contributed by atoms with E-state index in [0.717, 1.165) is 5.75 Å². The molecule has 0 saturated heterocycles. The van der Waals surface area contributed by atoms with Gasteiger partial charge in [0.2, 0.25) is 0 Å². The molecule has 0 heterocycles. The van der Waals surface area contributed by atoms with Crippen LogP contribution in [0.3, 0.4) is 0 Å². The summed E-state index contributed by atoms with van der Waals surface area (Å²) in [7, 11) is 1.81. The van der Waals surface area contributed by atoms with Crippen molar-refractivity contribution in [3.05, 3.63) is 29.3 Å². The lowest BCUT2D eigenvalue weighted by Crippen LogP contribution is -2.31. The fourth-order valence-corrected chi connectivity index (χ4v) is 3.92. The molecular weight excluding hydrogens is 244 g/mol. The number of methoxy groups -OCH3 is 1. The molecule has 112 valence electrons. The van der Waals surface area contributed by atoms with Gasteiger partial charge in [-0.1, -0.05) is 51.7 Å². The quantitative estimate of drug-likeness (QED) is 0.624. The molecule has 0 N–H and O–H groups in total. The van der Waals surface area contributed by atoms with Gasteiger partial charge in [0.25, 0.3) is 0 Å². The Balaban J connectivity index is 2.38. The van der Waals surface area contributed by atoms with Gasteiger partial charge in [-0.3, -0.25) is 0 Å². The summed E-state index contributed by atoms with van der Waals surface area (Å²) in [4.78, 5) is 0. The van der Waals surface area contributed by atoms with Crippen molar-refractivity contribution < 1.29 is 4.74 Å². The van der Waals surface area contributed by atoms with Crippen molar-refractivity contribution in [1.29, 1.82) is 0 Å². The second-order valence-corrected chi connectivity index (χ2v) is 6.33. The molecule has 1 aliphatic rings. The molecular formula is C19H30O. The maximum absolute atomic E-state index is 5.61. The van der Waals surface area contributed by atoms with E-state index in [-0.39, 0.29) is 0 Å². The first-order valence-corrected chi connectivity index (χ1v) is 8.43. The van der Waals surface area contributed by atoms with E-state index >= 15 is 0 Å². The van der Waals surface area contributed by atoms with Crippen molar-refractivity contribution in [2.75, 3.05) is 7.11 Å². The van der Waals surface area contributed by atoms with E-state index in [0.29, 0.717) is 5.41 Å². The average molecular weight is 274 g/mol. The van der Waals surface area contributed by atoms with Gasteiger partial charge >= 0.3 is 0 Å². The molecule has 1 aliphatic carbocycles. The van der Waals surface area contributed by atoms with Crippen molar-refractivity contribution in [3.63, 3.8) is 0 Å². The van der Waals surface area contributed by atoms with Gasteiger partial charge in [0.15, 0.2) is 0 Å². The highest BCUT2D eigenvalue weighted by Gasteiger charge is 2.36. The zero-order chi connectivity index (χ0) is 14.4. The Morgan fingerprint density at radius 1 is 1.10 bits per heavy atom. The van der Waals surface area contributed by atoms with Gasteiger partial charge in [-0.15, -0.1) is 0 Å². The lowest BCUT2D eigenvalue weighted by atomic mass is 9.64. The van der Waals surface area contributed by atoms with E-state index in [1.54, 1.807) is 5.56 Å². The minimum atomic E-state index is 0.425. The number of benzene rings is 1. The van der Waals surface area contributed by atoms with Crippen molar-refractivity contribution >= 4 is 0 Å². The van der Waals surface area contributed by atoms with E-state index in [2.05, 4.69) is 32.0 Å². The summed E-state index contributed by atoms with van der Waals surface area (Å²) in [5.41, 5.74) is 3.52. The smallest absolute Gasteiger partial charge is 0.122 e. The Morgan fingerprint density at radius 3 is 2.40 bits per heavy atom. The van der Waals surface area contributed by atoms with Crippen LogP contribution >= 0.6 is 0 Å². The van der Waals surface area contributed by atoms with Crippen LogP contribution in [0.15, 0.2) is 18.2 Å². The fourth-order valence-electron chi connectivity index (χ4n) is 3.92. The first-order valence-electron chi connectivity index (χ1n) is 8.43. The van der Waals surface area contributed by atoms with Crippen molar-refractivity contribution in [2.45, 2.75) is 77.0 Å². The molecule has 0 atom stereocenters. The second-order valence-electron chi connectivity index (χ2n) is 6.33. The highest BCUT2D eigenvalue weighted by atomic mass is 16.5. The van der Waals surface area contributed by atoms with E-state index in [1.165, 1.54) is 63.4 Å². The molecule has 1 aromatic carbocycles. The summed E-state index contributed by atoms with van der Waals surface area (Å²) < 4.78 is 5.61. The Kier molecular flexibility index (Phi) is 5.51. The maximum Gasteiger partial charge on any atom is 0.122 e. The lowest BCUT2D eigenvalue weighted by Gasteiger charge is -2.40. The first-order chi connectivity index (χ1) is 9.77. The SMILES string of the molecule is CCCCC1(CCCC)CCCc2c(OC)cccc21. The molecule has 1 nitrogen and oxygen atoms in total. The van der Waals surface area contributed by atoms with Gasteiger partial charge in [-0.25, -0.2) is 0 Å². The van der Waals surface area contributed by atoms with Gasteiger partial charge in [-0.2, -0.15) is 0 Å². The van der Waals surface area contributed by atoms with Crippen LogP contribution in [0.5, 0.6) is 5.75 Å². The predicted molar refractivity (Wildman–Crippen MR) is 86.7 cm³/mol. The highest BCUT2D eigenvalue weighted by Crippen LogP contribution is 2.47. The van der Waals surface area contributed by atoms with Crippen molar-refractivity contribution in [1.82, 2.24) is 0 Å². The molecule has 0 aliphatic heterocycles. The zero-order valence-corrected chi connectivity index (χ0v) is 13.5. The van der Waals surface area contributed by atoms with Crippen LogP contribution in [0, 0.1) is 0 Å². The van der Waals surface area contributed by atoms with Crippen molar-refractivity contribution in [3.8, 4) is 5.75 Å². The second kappa shape index (κ2) is 7.15. The molecule has 2 rings (SSSR count). The monoisotopic (exact) mass is 274 g/mol. The number of unbranched alkanes of at least 4 members (excludes halogenated alkanes) is 2. The Labute approximate surface area is 124 Å². The molecule has 1 aromatic rings. The van der Waals surface area contributed by atoms with Crippen LogP contribution < -0.4 is 4.74 Å². The van der Waals surface area contributed by atoms with Crippen LogP contribution in [0.2, 0.25) is 0 Å². The number of hydrogen-bond acceptors (Lipinski definition) is 1. The van der Waals surface area contributed by atoms with E-state index in [1.807, 2.05) is 7.11 Å². The van der Waals surface area contributed by atoms with Gasteiger partial charge < -0.3 is 4.74 Å². The van der Waals surface area contributed by atoms with Crippen LogP contribution in [0.25, 0.3) is 0 Å². The Bertz CT molecular complexity index is 414. The molecule has 0 amide bonds. The number of hydrogen-bond donors (Lipinski definition) is 0. The van der Waals surface area contributed by atoms with E-state index in [9.17, 15) is 0 Å². The number of fused-ring (bicyclic) bond motifs is 1. The van der Waals surface area contributed by atoms with Crippen molar-refractivity contribution in [2.24, 2.45) is 0 Å². The van der Waals surface area contributed by atoms with E-state index < -0.39 is 0 Å². The normalized spacial score (nSPS) is 16.8. The Hall–Kier alpha value is -0.980. The van der Waals surface area contributed by atoms with Gasteiger partial charge in [0.1, 0.15) is 5.75 Å². The predicted octanol–water partition coefficient (Wildman–Crippen LogP) is 5.65. The van der Waals surface area contributed by atoms with Crippen LogP contribution in [-0.2, 0) is 11.8 Å². The number of ether oxygens (including phenoxy) is 1. The van der Waals surface area contributed by atoms with Gasteiger partial charge in [-0.05, 0) is 54.7 Å². The largest absolute Gasteiger partial charge is 0.496 e. The minimum absolute atomic E-state index is 0.425. The molecule has 0 aromatic heterocycles. The molecule has 0 fully saturated rings. The lowest BCUT2D eigenvalue weighted by molar-refractivity contribution is 0.290. The molecule has 0 radical (unpaired) electrons. The summed E-state index contributed by atoms with van der Waals surface area (Å²) in [6.45, 7) is 4.62. The van der Waals surface area contributed by atoms with E-state index in [4.69, 9.17) is 4.74 Å². The topological polar surface area (TPSA) is 9.23 Å². The average Bonchev–Trinajstić information content (AvgIpc) is 2.50. The molecule has 0 saturated carbocycles. The number of rotatable bonds is 7. The van der Waals surface area contributed by atoms with Crippen LogP contribution in [0.4, 0.5) is 0 Å². The Morgan fingerprint density at radius 2 is 1.80 bits per heavy atom. The van der Waals surface area contributed by atoms with Gasteiger partial charge in [0, 0.05) is 0 Å². The molecule has 0 bridgehead atoms. The molecule has 0 unspecified atom stereocenters. The third-order valence-electron chi connectivity index (χ3n) is 5.02. The molecule has 20 heavy (non-hydrogen) atoms. The fraction of sp³-hybridized carbons (Fsp3) is 0.684. The minimum Gasteiger partial charge on any atom is -0.496 e. The summed E-state index contributed by atoms with van der Waals surface area (Å²) >= 11 is 0. The maximum atomic E-state index is 5.61. The standard InChI is InChI=1S/C19H30O/c1-4-6-13-19(14-7-5-2)15-9-10-16-17(19)11-8-12-18(16)20-3/h8,11-12H,4-7,9-10,13-15H2,1-3H3. The first kappa shape index (κ1) is 15.4. The third-order valence-corrected chi connectivity index (χ3v) is 5.02. The van der Waals surface area contributed by atoms with Crippen LogP contribution in [0.1, 0.15) is 76.3 Å². The van der Waals surface area contributed by atoms with Crippen LogP contribution in [-0.4, -0.2) is 7.11 Å². The summed E-state index contributed by atoms with van der Waals surface area (Å²) in [6.07, 6.45) is 11.9. The zero-order valence-electron chi connectivity index (χ0n) is 13.5. The highest BCUT2D eigenvalue weighted by molar-refractivity contribution is 5.46. The van der Waals surface area contributed by atoms with Gasteiger partial charge in [0.05, 0.1) is 7.11 Å². The summed E-state index contributed by atoms with van der Waals surface area (Å²) in [6, 6.07) is 6.70. The summed E-state index contributed by atoms with van der Waals surface area (Å²) in [5.74, 6) is 1.11. The molecule has 0 spiro atoms. The molecule has 1 heteroatoms.